The van der Waals surface area contributed by atoms with Crippen LogP contribution in [0.2, 0.25) is 5.02 Å². The first kappa shape index (κ1) is 12.0. The van der Waals surface area contributed by atoms with Crippen LogP contribution in [0, 0.1) is 3.57 Å². The van der Waals surface area contributed by atoms with Crippen molar-refractivity contribution in [2.45, 2.75) is 0 Å². The van der Waals surface area contributed by atoms with Crippen LogP contribution in [0.1, 0.15) is 0 Å². The minimum absolute atomic E-state index is 0. The summed E-state index contributed by atoms with van der Waals surface area (Å²) >= 11 is 8.00. The van der Waals surface area contributed by atoms with Gasteiger partial charge >= 0.3 is 17.1 Å². The summed E-state index contributed by atoms with van der Waals surface area (Å²) in [7, 11) is 0. The Kier molecular flexibility index (Phi) is 4.01. The maximum absolute atomic E-state index is 9.65. The first-order valence-electron chi connectivity index (χ1n) is 3.62. The molecule has 0 fully saturated rings. The molecule has 71 valence electrons. The van der Waals surface area contributed by atoms with Gasteiger partial charge in [-0.05, 0) is 40.8 Å². The van der Waals surface area contributed by atoms with Crippen molar-refractivity contribution in [3.8, 4) is 5.75 Å². The Labute approximate surface area is 110 Å². The molecule has 5 heteroatoms. The molecule has 0 spiro atoms. The molecule has 2 rings (SSSR count). The third-order valence-corrected chi connectivity index (χ3v) is 2.90. The van der Waals surface area contributed by atoms with E-state index in [-0.39, 0.29) is 22.8 Å². The molecule has 1 heterocycles. The predicted octanol–water partition coefficient (Wildman–Crippen LogP) is 3.20. The number of aromatic nitrogens is 1. The van der Waals surface area contributed by atoms with E-state index in [9.17, 15) is 5.11 Å². The van der Waals surface area contributed by atoms with E-state index in [1.54, 1.807) is 18.3 Å². The van der Waals surface area contributed by atoms with Crippen LogP contribution in [-0.4, -0.2) is 10.1 Å². The molecule has 0 bridgehead atoms. The van der Waals surface area contributed by atoms with Crippen LogP contribution in [-0.2, 0) is 17.1 Å². The van der Waals surface area contributed by atoms with Crippen molar-refractivity contribution in [2.24, 2.45) is 0 Å². The van der Waals surface area contributed by atoms with Crippen molar-refractivity contribution >= 4 is 45.1 Å². The number of benzene rings is 1. The van der Waals surface area contributed by atoms with Gasteiger partial charge in [-0.15, -0.1) is 0 Å². The van der Waals surface area contributed by atoms with Gasteiger partial charge in [-0.25, -0.2) is 0 Å². The number of halogens is 2. The van der Waals surface area contributed by atoms with Crippen molar-refractivity contribution < 1.29 is 22.2 Å². The smallest absolute Gasteiger partial charge is 0.505 e. The van der Waals surface area contributed by atoms with Crippen LogP contribution in [0.25, 0.3) is 10.9 Å². The van der Waals surface area contributed by atoms with E-state index in [1.807, 2.05) is 28.7 Å². The van der Waals surface area contributed by atoms with Gasteiger partial charge in [0.1, 0.15) is 5.52 Å². The molecule has 0 aliphatic heterocycles. The normalized spacial score (nSPS) is 9.86. The van der Waals surface area contributed by atoms with Gasteiger partial charge in [0.25, 0.3) is 0 Å². The standard InChI is InChI=1S/C9H5ClINO.Mn/c10-6-4-7(11)9(13)8-5(6)2-1-3-12-8;/h1-4,13H;/q;+2/i11-3;. The average Bonchev–Trinajstić information content (AvgIpc) is 2.15. The van der Waals surface area contributed by atoms with Crippen LogP contribution in [0.3, 0.4) is 0 Å². The first-order chi connectivity index (χ1) is 6.20. The van der Waals surface area contributed by atoms with Gasteiger partial charge < -0.3 is 5.11 Å². The molecule has 2 aromatic rings. The molecule has 2 nitrogen and oxygen atoms in total. The van der Waals surface area contributed by atoms with Gasteiger partial charge in [-0.1, -0.05) is 11.6 Å². The van der Waals surface area contributed by atoms with Gasteiger partial charge in [-0.2, -0.15) is 0 Å². The molecule has 0 saturated carbocycles. The molecule has 1 aromatic heterocycles. The van der Waals surface area contributed by atoms with E-state index >= 15 is 0 Å². The zero-order valence-corrected chi connectivity index (χ0v) is 10.9. The third-order valence-electron chi connectivity index (χ3n) is 1.77. The SMILES string of the molecule is Oc1c([124I])cc(Cl)c2cccnc12.[Mn+2]. The van der Waals surface area contributed by atoms with Crippen molar-refractivity contribution in [2.75, 3.05) is 0 Å². The number of hydrogen-bond acceptors (Lipinski definition) is 2. The van der Waals surface area contributed by atoms with E-state index in [0.29, 0.717) is 14.1 Å². The zero-order chi connectivity index (χ0) is 9.42. The summed E-state index contributed by atoms with van der Waals surface area (Å²) in [5.41, 5.74) is 0.555. The van der Waals surface area contributed by atoms with E-state index in [0.717, 1.165) is 5.39 Å². The summed E-state index contributed by atoms with van der Waals surface area (Å²) < 4.78 is 0.716. The summed E-state index contributed by atoms with van der Waals surface area (Å²) in [5.74, 6) is 0.195. The van der Waals surface area contributed by atoms with E-state index in [4.69, 9.17) is 11.6 Å². The minimum Gasteiger partial charge on any atom is -0.505 e. The van der Waals surface area contributed by atoms with Crippen molar-refractivity contribution in [3.63, 3.8) is 0 Å². The summed E-state index contributed by atoms with van der Waals surface area (Å²) in [6.07, 6.45) is 1.63. The van der Waals surface area contributed by atoms with Crippen LogP contribution >= 0.6 is 34.2 Å². The van der Waals surface area contributed by atoms with E-state index in [1.165, 1.54) is 0 Å². The summed E-state index contributed by atoms with van der Waals surface area (Å²) in [5, 5.41) is 11.0. The molecular weight excluding hydrogens is 352 g/mol. The van der Waals surface area contributed by atoms with E-state index < -0.39 is 0 Å². The first-order valence-corrected chi connectivity index (χ1v) is 5.07. The van der Waals surface area contributed by atoms with Crippen molar-refractivity contribution in [1.29, 1.82) is 0 Å². The van der Waals surface area contributed by atoms with Gasteiger partial charge in [-0.3, -0.25) is 4.98 Å². The van der Waals surface area contributed by atoms with Crippen LogP contribution in [0.5, 0.6) is 5.75 Å². The molecule has 0 aliphatic carbocycles. The second kappa shape index (κ2) is 4.66. The fraction of sp³-hybridized carbons (Fsp3) is 0. The number of pyridine rings is 1. The molecule has 0 saturated heterocycles. The van der Waals surface area contributed by atoms with Gasteiger partial charge in [0.2, 0.25) is 0 Å². The predicted molar refractivity (Wildman–Crippen MR) is 61.1 cm³/mol. The third kappa shape index (κ3) is 1.98. The second-order valence-electron chi connectivity index (χ2n) is 2.59. The molecule has 1 radical (unpaired) electrons. The van der Waals surface area contributed by atoms with Crippen molar-refractivity contribution in [1.82, 2.24) is 4.98 Å². The summed E-state index contributed by atoms with van der Waals surface area (Å²) in [6, 6.07) is 5.35. The van der Waals surface area contributed by atoms with Gasteiger partial charge in [0.15, 0.2) is 5.75 Å². The Hall–Kier alpha value is -0.0305. The van der Waals surface area contributed by atoms with Crippen molar-refractivity contribution in [3.05, 3.63) is 33.0 Å². The minimum atomic E-state index is 0. The average molecular weight is 357 g/mol. The zero-order valence-electron chi connectivity index (χ0n) is 6.84. The van der Waals surface area contributed by atoms with Gasteiger partial charge in [0, 0.05) is 11.6 Å². The molecule has 14 heavy (non-hydrogen) atoms. The number of hydrogen-bond donors (Lipinski definition) is 1. The van der Waals surface area contributed by atoms with Crippen LogP contribution in [0.15, 0.2) is 24.4 Å². The summed E-state index contributed by atoms with van der Waals surface area (Å²) in [4.78, 5) is 4.06. The molecule has 0 aliphatic rings. The second-order valence-corrected chi connectivity index (χ2v) is 4.16. The molecule has 0 amide bonds. The van der Waals surface area contributed by atoms with Gasteiger partial charge in [0.05, 0.1) is 8.59 Å². The Morgan fingerprint density at radius 2 is 2.14 bits per heavy atom. The largest absolute Gasteiger partial charge is 2.00 e. The Morgan fingerprint density at radius 1 is 1.43 bits per heavy atom. The molecule has 0 atom stereocenters. The fourth-order valence-corrected chi connectivity index (χ4v) is 2.17. The van der Waals surface area contributed by atoms with E-state index in [2.05, 4.69) is 4.98 Å². The molecule has 1 N–H and O–H groups in total. The topological polar surface area (TPSA) is 33.1 Å². The van der Waals surface area contributed by atoms with Crippen LogP contribution in [0.4, 0.5) is 0 Å². The maximum atomic E-state index is 9.65. The Morgan fingerprint density at radius 3 is 2.86 bits per heavy atom. The number of rotatable bonds is 0. The number of nitrogens with zero attached hydrogens (tertiary/aromatic N) is 1. The quantitative estimate of drug-likeness (QED) is 0.580. The molecular formula is C9H5ClIMnNO+2. The Balaban J connectivity index is 0.000000980. The number of fused-ring (bicyclic) bond motifs is 1. The van der Waals surface area contributed by atoms with Crippen LogP contribution < -0.4 is 0 Å². The Bertz CT molecular complexity index is 478. The fourth-order valence-electron chi connectivity index (χ4n) is 1.16. The number of aromatic hydroxyl groups is 1. The maximum Gasteiger partial charge on any atom is 2.00 e. The monoisotopic (exact) mass is 357 g/mol. The molecule has 1 aromatic carbocycles. The molecule has 0 unspecified atom stereocenters. The number of phenolic OH excluding ortho intramolecular Hbond substituents is 1. The summed E-state index contributed by atoms with van der Waals surface area (Å²) in [6.45, 7) is 0. The number of phenols is 1.